The lowest BCUT2D eigenvalue weighted by Gasteiger charge is -2.22. The zero-order chi connectivity index (χ0) is 17.4. The summed E-state index contributed by atoms with van der Waals surface area (Å²) in [5.41, 5.74) is -0.984. The van der Waals surface area contributed by atoms with E-state index in [4.69, 9.17) is 0 Å². The second kappa shape index (κ2) is 6.10. The van der Waals surface area contributed by atoms with Crippen molar-refractivity contribution < 1.29 is 36.2 Å². The normalized spacial score (nSPS) is 23.0. The molecule has 1 heterocycles. The molecule has 23 heavy (non-hydrogen) atoms. The highest BCUT2D eigenvalue weighted by molar-refractivity contribution is 7.89. The molecule has 0 bridgehead atoms. The minimum atomic E-state index is -4.58. The number of aliphatic hydroxyl groups excluding tert-OH is 1. The average Bonchev–Trinajstić information content (AvgIpc) is 2.88. The summed E-state index contributed by atoms with van der Waals surface area (Å²) < 4.78 is 67.8. The number of nitrogens with zero attached hydrogens (tertiary/aromatic N) is 1. The predicted molar refractivity (Wildman–Crippen MR) is 71.8 cm³/mol. The topological polar surface area (TPSA) is 83.9 Å². The fraction of sp³-hybridized carbons (Fsp3) is 0.462. The van der Waals surface area contributed by atoms with Crippen LogP contribution in [0.5, 0.6) is 0 Å². The molecule has 1 aromatic carbocycles. The van der Waals surface area contributed by atoms with Crippen molar-refractivity contribution in [2.45, 2.75) is 29.6 Å². The van der Waals surface area contributed by atoms with Gasteiger partial charge in [0.2, 0.25) is 10.0 Å². The van der Waals surface area contributed by atoms with Gasteiger partial charge in [0.1, 0.15) is 6.04 Å². The third-order valence-electron chi connectivity index (χ3n) is 3.50. The number of esters is 1. The highest BCUT2D eigenvalue weighted by atomic mass is 32.2. The van der Waals surface area contributed by atoms with Crippen molar-refractivity contribution in [1.82, 2.24) is 4.31 Å². The Bertz CT molecular complexity index is 687. The molecule has 1 fully saturated rings. The number of β-amino-alcohol motifs (C(OH)–C–C–N with tert-alkyl or cyclic N) is 1. The summed E-state index contributed by atoms with van der Waals surface area (Å²) in [6.07, 6.45) is -5.77. The second-order valence-electron chi connectivity index (χ2n) is 5.03. The van der Waals surface area contributed by atoms with Crippen LogP contribution in [0.25, 0.3) is 0 Å². The predicted octanol–water partition coefficient (Wildman–Crippen LogP) is 1.00. The summed E-state index contributed by atoms with van der Waals surface area (Å²) >= 11 is 0. The van der Waals surface area contributed by atoms with Crippen LogP contribution in [-0.2, 0) is 25.7 Å². The van der Waals surface area contributed by atoms with Crippen molar-refractivity contribution in [2.24, 2.45) is 0 Å². The minimum Gasteiger partial charge on any atom is -0.468 e. The zero-order valence-electron chi connectivity index (χ0n) is 11.9. The molecule has 1 saturated heterocycles. The molecule has 0 unspecified atom stereocenters. The highest BCUT2D eigenvalue weighted by Crippen LogP contribution is 2.31. The summed E-state index contributed by atoms with van der Waals surface area (Å²) in [5.74, 6) is -0.836. The fourth-order valence-electron chi connectivity index (χ4n) is 2.35. The van der Waals surface area contributed by atoms with Crippen molar-refractivity contribution >= 4 is 16.0 Å². The number of aliphatic hydroxyl groups is 1. The highest BCUT2D eigenvalue weighted by Gasteiger charge is 2.44. The largest absolute Gasteiger partial charge is 0.468 e. The molecule has 1 aliphatic rings. The quantitative estimate of drug-likeness (QED) is 0.820. The molecule has 0 aliphatic carbocycles. The number of methoxy groups -OCH3 is 1. The van der Waals surface area contributed by atoms with Gasteiger partial charge in [0.05, 0.1) is 23.7 Å². The Balaban J connectivity index is 2.35. The minimum absolute atomic E-state index is 0.132. The summed E-state index contributed by atoms with van der Waals surface area (Å²) in [4.78, 5) is 11.3. The van der Waals surface area contributed by atoms with Gasteiger partial charge in [-0.15, -0.1) is 0 Å². The summed E-state index contributed by atoms with van der Waals surface area (Å²) in [6.45, 7) is -0.330. The van der Waals surface area contributed by atoms with Crippen LogP contribution >= 0.6 is 0 Å². The van der Waals surface area contributed by atoms with Crippen molar-refractivity contribution in [3.63, 3.8) is 0 Å². The van der Waals surface area contributed by atoms with Crippen LogP contribution in [-0.4, -0.2) is 49.6 Å². The molecule has 2 rings (SSSR count). The molecule has 0 amide bonds. The first-order valence-corrected chi connectivity index (χ1v) is 7.96. The van der Waals surface area contributed by atoms with E-state index in [0.29, 0.717) is 12.1 Å². The first-order valence-electron chi connectivity index (χ1n) is 6.52. The number of carbonyl (C=O) groups is 1. The molecule has 0 spiro atoms. The van der Waals surface area contributed by atoms with E-state index in [9.17, 15) is 31.5 Å². The summed E-state index contributed by atoms with van der Waals surface area (Å²) in [7, 11) is -3.15. The van der Waals surface area contributed by atoms with Crippen molar-refractivity contribution in [3.05, 3.63) is 29.8 Å². The molecule has 0 aromatic heterocycles. The standard InChI is InChI=1S/C13H14F3NO5S/c1-22-12(19)11-6-9(18)7-17(11)23(20,21)10-4-2-8(3-5-10)13(14,15)16/h2-5,9,11,18H,6-7H2,1H3/t9-,11+/m1/s1. The molecule has 0 radical (unpaired) electrons. The zero-order valence-corrected chi connectivity index (χ0v) is 12.8. The Kier molecular flexibility index (Phi) is 4.69. The fourth-order valence-corrected chi connectivity index (χ4v) is 3.98. The number of rotatable bonds is 3. The van der Waals surface area contributed by atoms with Crippen molar-refractivity contribution in [3.8, 4) is 0 Å². The van der Waals surface area contributed by atoms with Gasteiger partial charge in [0.15, 0.2) is 0 Å². The van der Waals surface area contributed by atoms with E-state index in [1.54, 1.807) is 0 Å². The number of ether oxygens (including phenoxy) is 1. The van der Waals surface area contributed by atoms with Gasteiger partial charge in [-0.05, 0) is 24.3 Å². The van der Waals surface area contributed by atoms with Gasteiger partial charge in [0, 0.05) is 13.0 Å². The van der Waals surface area contributed by atoms with Gasteiger partial charge in [-0.2, -0.15) is 17.5 Å². The number of halogens is 3. The maximum Gasteiger partial charge on any atom is 0.416 e. The van der Waals surface area contributed by atoms with Gasteiger partial charge in [-0.3, -0.25) is 4.79 Å². The van der Waals surface area contributed by atoms with Gasteiger partial charge < -0.3 is 9.84 Å². The van der Waals surface area contributed by atoms with E-state index in [1.165, 1.54) is 0 Å². The molecular formula is C13H14F3NO5S. The maximum absolute atomic E-state index is 12.5. The van der Waals surface area contributed by atoms with Crippen LogP contribution in [0, 0.1) is 0 Å². The van der Waals surface area contributed by atoms with E-state index < -0.39 is 44.8 Å². The lowest BCUT2D eigenvalue weighted by Crippen LogP contribution is -2.41. The number of benzene rings is 1. The van der Waals surface area contributed by atoms with Gasteiger partial charge >= 0.3 is 12.1 Å². The van der Waals surface area contributed by atoms with E-state index in [2.05, 4.69) is 4.74 Å². The Hall–Kier alpha value is -1.65. The van der Waals surface area contributed by atoms with Crippen LogP contribution in [0.1, 0.15) is 12.0 Å². The molecule has 6 nitrogen and oxygen atoms in total. The average molecular weight is 353 g/mol. The van der Waals surface area contributed by atoms with E-state index in [-0.39, 0.29) is 13.0 Å². The molecule has 1 N–H and O–H groups in total. The molecule has 1 aromatic rings. The van der Waals surface area contributed by atoms with Crippen LogP contribution in [0.3, 0.4) is 0 Å². The van der Waals surface area contributed by atoms with Crippen molar-refractivity contribution in [1.29, 1.82) is 0 Å². The summed E-state index contributed by atoms with van der Waals surface area (Å²) in [6, 6.07) is 1.72. The van der Waals surface area contributed by atoms with Crippen molar-refractivity contribution in [2.75, 3.05) is 13.7 Å². The Labute approximate surface area is 130 Å². The molecular weight excluding hydrogens is 339 g/mol. The molecule has 2 atom stereocenters. The van der Waals surface area contributed by atoms with Crippen LogP contribution in [0.4, 0.5) is 13.2 Å². The SMILES string of the molecule is COC(=O)[C@@H]1C[C@@H](O)CN1S(=O)(=O)c1ccc(C(F)(F)F)cc1. The van der Waals surface area contributed by atoms with Gasteiger partial charge in [-0.1, -0.05) is 0 Å². The summed E-state index contributed by atoms with van der Waals surface area (Å²) in [5, 5.41) is 9.61. The lowest BCUT2D eigenvalue weighted by molar-refractivity contribution is -0.144. The van der Waals surface area contributed by atoms with Gasteiger partial charge in [-0.25, -0.2) is 8.42 Å². The first-order chi connectivity index (χ1) is 10.6. The number of hydrogen-bond acceptors (Lipinski definition) is 5. The third-order valence-corrected chi connectivity index (χ3v) is 5.38. The van der Waals surface area contributed by atoms with Crippen LogP contribution in [0.2, 0.25) is 0 Å². The second-order valence-corrected chi connectivity index (χ2v) is 6.92. The number of carbonyl (C=O) groups excluding carboxylic acids is 1. The van der Waals surface area contributed by atoms with E-state index in [0.717, 1.165) is 23.5 Å². The van der Waals surface area contributed by atoms with E-state index in [1.807, 2.05) is 0 Å². The number of hydrogen-bond donors (Lipinski definition) is 1. The molecule has 128 valence electrons. The van der Waals surface area contributed by atoms with Crippen LogP contribution in [0.15, 0.2) is 29.2 Å². The lowest BCUT2D eigenvalue weighted by atomic mass is 10.2. The third kappa shape index (κ3) is 3.48. The Morgan fingerprint density at radius 1 is 1.30 bits per heavy atom. The Morgan fingerprint density at radius 2 is 1.87 bits per heavy atom. The van der Waals surface area contributed by atoms with Crippen LogP contribution < -0.4 is 0 Å². The molecule has 1 aliphatic heterocycles. The first kappa shape index (κ1) is 17.7. The maximum atomic E-state index is 12.5. The smallest absolute Gasteiger partial charge is 0.416 e. The molecule has 10 heteroatoms. The van der Waals surface area contributed by atoms with E-state index >= 15 is 0 Å². The monoisotopic (exact) mass is 353 g/mol. The number of sulfonamides is 1. The van der Waals surface area contributed by atoms with Gasteiger partial charge in [0.25, 0.3) is 0 Å². The Morgan fingerprint density at radius 3 is 2.35 bits per heavy atom. The molecule has 0 saturated carbocycles. The number of alkyl halides is 3.